The van der Waals surface area contributed by atoms with Gasteiger partial charge in [-0.2, -0.15) is 0 Å². The van der Waals surface area contributed by atoms with E-state index in [1.165, 1.54) is 14.2 Å². The molecular weight excluding hydrogens is 322 g/mol. The third-order valence-electron chi connectivity index (χ3n) is 4.90. The molecule has 0 saturated carbocycles. The Balaban J connectivity index is 1.86. The van der Waals surface area contributed by atoms with Crippen LogP contribution in [0.2, 0.25) is 0 Å². The maximum absolute atomic E-state index is 12.4. The molecule has 138 valence electrons. The Morgan fingerprint density at radius 3 is 2.44 bits per heavy atom. The third kappa shape index (κ3) is 4.65. The number of carbonyl (C=O) groups excluding carboxylic acids is 2. The summed E-state index contributed by atoms with van der Waals surface area (Å²) >= 11 is 0. The lowest BCUT2D eigenvalue weighted by molar-refractivity contribution is -0.130. The number of hydrogen-bond donors (Lipinski definition) is 1. The van der Waals surface area contributed by atoms with Crippen molar-refractivity contribution in [3.8, 4) is 17.2 Å². The number of benzene rings is 1. The highest BCUT2D eigenvalue weighted by Crippen LogP contribution is 2.39. The van der Waals surface area contributed by atoms with E-state index in [9.17, 15) is 14.7 Å². The molecule has 1 saturated heterocycles. The molecule has 0 atom stereocenters. The first-order valence-corrected chi connectivity index (χ1v) is 8.70. The van der Waals surface area contributed by atoms with Crippen LogP contribution < -0.4 is 9.47 Å². The summed E-state index contributed by atoms with van der Waals surface area (Å²) in [6, 6.07) is 3.20. The van der Waals surface area contributed by atoms with Crippen LogP contribution in [-0.2, 0) is 4.79 Å². The van der Waals surface area contributed by atoms with Crippen molar-refractivity contribution in [2.24, 2.45) is 5.92 Å². The van der Waals surface area contributed by atoms with Gasteiger partial charge in [0.1, 0.15) is 0 Å². The molecule has 0 bridgehead atoms. The largest absolute Gasteiger partial charge is 0.504 e. The molecule has 0 radical (unpaired) electrons. The van der Waals surface area contributed by atoms with Crippen molar-refractivity contribution in [1.82, 2.24) is 4.90 Å². The molecule has 1 aromatic rings. The van der Waals surface area contributed by atoms with Crippen LogP contribution in [-0.4, -0.2) is 49.0 Å². The summed E-state index contributed by atoms with van der Waals surface area (Å²) < 4.78 is 10.2. The number of ketones is 1. The molecule has 0 unspecified atom stereocenters. The molecule has 1 heterocycles. The summed E-state index contributed by atoms with van der Waals surface area (Å²) in [5.74, 6) is 1.01. The number of methoxy groups -OCH3 is 2. The molecule has 1 aliphatic heterocycles. The minimum atomic E-state index is -0.165. The Kier molecular flexibility index (Phi) is 6.67. The van der Waals surface area contributed by atoms with E-state index in [0.29, 0.717) is 18.1 Å². The summed E-state index contributed by atoms with van der Waals surface area (Å²) in [7, 11) is 2.91. The van der Waals surface area contributed by atoms with Gasteiger partial charge in [0, 0.05) is 26.4 Å². The highest BCUT2D eigenvalue weighted by atomic mass is 16.5. The molecular formula is C19H27NO5. The van der Waals surface area contributed by atoms with Gasteiger partial charge in [-0.3, -0.25) is 9.59 Å². The number of piperidine rings is 1. The second kappa shape index (κ2) is 8.74. The van der Waals surface area contributed by atoms with E-state index in [-0.39, 0.29) is 28.8 Å². The Morgan fingerprint density at radius 2 is 1.88 bits per heavy atom. The molecule has 0 spiro atoms. The number of amides is 1. The lowest BCUT2D eigenvalue weighted by Gasteiger charge is -2.31. The van der Waals surface area contributed by atoms with Gasteiger partial charge >= 0.3 is 0 Å². The van der Waals surface area contributed by atoms with Crippen LogP contribution in [0.4, 0.5) is 0 Å². The minimum Gasteiger partial charge on any atom is -0.504 e. The SMILES string of the molecule is COc1ccc(C(=O)CCCC2CCN(C(C)=O)CC2)c(O)c1OC. The standard InChI is InChI=1S/C19H27NO5/c1-13(21)20-11-9-14(10-12-20)5-4-6-16(22)15-7-8-17(24-2)19(25-3)18(15)23/h7-8,14,23H,4-6,9-12H2,1-3H3. The highest BCUT2D eigenvalue weighted by Gasteiger charge is 2.22. The number of ether oxygens (including phenoxy) is 2. The summed E-state index contributed by atoms with van der Waals surface area (Å²) in [5.41, 5.74) is 0.268. The number of phenols is 1. The lowest BCUT2D eigenvalue weighted by atomic mass is 9.90. The molecule has 1 fully saturated rings. The number of rotatable bonds is 7. The van der Waals surface area contributed by atoms with Gasteiger partial charge in [0.2, 0.25) is 11.7 Å². The van der Waals surface area contributed by atoms with Crippen molar-refractivity contribution in [2.45, 2.75) is 39.0 Å². The first kappa shape index (κ1) is 19.1. The molecule has 6 nitrogen and oxygen atoms in total. The first-order valence-electron chi connectivity index (χ1n) is 8.70. The molecule has 1 aromatic carbocycles. The van der Waals surface area contributed by atoms with Crippen LogP contribution in [0.5, 0.6) is 17.2 Å². The smallest absolute Gasteiger partial charge is 0.219 e. The monoisotopic (exact) mass is 349 g/mol. The molecule has 2 rings (SSSR count). The molecule has 0 aromatic heterocycles. The fraction of sp³-hybridized carbons (Fsp3) is 0.579. The molecule has 1 aliphatic rings. The van der Waals surface area contributed by atoms with E-state index in [1.54, 1.807) is 19.1 Å². The van der Waals surface area contributed by atoms with Gasteiger partial charge in [-0.15, -0.1) is 0 Å². The highest BCUT2D eigenvalue weighted by molar-refractivity contribution is 5.99. The van der Waals surface area contributed by atoms with Crippen molar-refractivity contribution in [3.05, 3.63) is 17.7 Å². The van der Waals surface area contributed by atoms with Crippen LogP contribution in [0.1, 0.15) is 49.4 Å². The number of Topliss-reactive ketones (excluding diaryl/α,β-unsaturated/α-hetero) is 1. The number of phenolic OH excluding ortho intramolecular Hbond substituents is 1. The summed E-state index contributed by atoms with van der Waals surface area (Å²) in [6.07, 6.45) is 4.11. The van der Waals surface area contributed by atoms with Gasteiger partial charge in [0.15, 0.2) is 17.3 Å². The molecule has 1 N–H and O–H groups in total. The van der Waals surface area contributed by atoms with Crippen LogP contribution in [0.15, 0.2) is 12.1 Å². The fourth-order valence-electron chi connectivity index (χ4n) is 3.36. The maximum Gasteiger partial charge on any atom is 0.219 e. The van der Waals surface area contributed by atoms with E-state index in [1.807, 2.05) is 4.90 Å². The van der Waals surface area contributed by atoms with E-state index in [0.717, 1.165) is 38.8 Å². The second-order valence-electron chi connectivity index (χ2n) is 6.46. The van der Waals surface area contributed by atoms with Crippen molar-refractivity contribution >= 4 is 11.7 Å². The molecule has 1 amide bonds. The average Bonchev–Trinajstić information content (AvgIpc) is 2.61. The Morgan fingerprint density at radius 1 is 1.20 bits per heavy atom. The molecule has 25 heavy (non-hydrogen) atoms. The molecule has 6 heteroatoms. The Bertz CT molecular complexity index is 620. The van der Waals surface area contributed by atoms with Crippen molar-refractivity contribution in [3.63, 3.8) is 0 Å². The van der Waals surface area contributed by atoms with Crippen molar-refractivity contribution in [1.29, 1.82) is 0 Å². The summed E-state index contributed by atoms with van der Waals surface area (Å²) in [4.78, 5) is 25.6. The number of likely N-dealkylation sites (tertiary alicyclic amines) is 1. The number of aromatic hydroxyl groups is 1. The van der Waals surface area contributed by atoms with Crippen LogP contribution in [0.25, 0.3) is 0 Å². The van der Waals surface area contributed by atoms with Crippen LogP contribution >= 0.6 is 0 Å². The topological polar surface area (TPSA) is 76.1 Å². The number of hydrogen-bond acceptors (Lipinski definition) is 5. The summed E-state index contributed by atoms with van der Waals surface area (Å²) in [5, 5.41) is 10.2. The number of nitrogens with zero attached hydrogens (tertiary/aromatic N) is 1. The fourth-order valence-corrected chi connectivity index (χ4v) is 3.36. The van der Waals surface area contributed by atoms with Gasteiger partial charge in [-0.25, -0.2) is 0 Å². The Labute approximate surface area is 148 Å². The predicted molar refractivity (Wildman–Crippen MR) is 94.4 cm³/mol. The van der Waals surface area contributed by atoms with Gasteiger partial charge < -0.3 is 19.5 Å². The van der Waals surface area contributed by atoms with Crippen molar-refractivity contribution in [2.75, 3.05) is 27.3 Å². The third-order valence-corrected chi connectivity index (χ3v) is 4.90. The number of carbonyl (C=O) groups is 2. The zero-order valence-corrected chi connectivity index (χ0v) is 15.2. The van der Waals surface area contributed by atoms with Gasteiger partial charge in [0.25, 0.3) is 0 Å². The second-order valence-corrected chi connectivity index (χ2v) is 6.46. The van der Waals surface area contributed by atoms with E-state index < -0.39 is 0 Å². The zero-order valence-electron chi connectivity index (χ0n) is 15.2. The maximum atomic E-state index is 12.4. The van der Waals surface area contributed by atoms with E-state index in [4.69, 9.17) is 9.47 Å². The predicted octanol–water partition coefficient (Wildman–Crippen LogP) is 3.02. The van der Waals surface area contributed by atoms with Crippen LogP contribution in [0.3, 0.4) is 0 Å². The normalized spacial score (nSPS) is 15.1. The van der Waals surface area contributed by atoms with Crippen LogP contribution in [0, 0.1) is 5.92 Å². The average molecular weight is 349 g/mol. The van der Waals surface area contributed by atoms with E-state index in [2.05, 4.69) is 0 Å². The first-order chi connectivity index (χ1) is 12.0. The minimum absolute atomic E-state index is 0.0976. The van der Waals surface area contributed by atoms with E-state index >= 15 is 0 Å². The Hall–Kier alpha value is -2.24. The van der Waals surface area contributed by atoms with Gasteiger partial charge in [-0.05, 0) is 43.7 Å². The van der Waals surface area contributed by atoms with Crippen molar-refractivity contribution < 1.29 is 24.2 Å². The lowest BCUT2D eigenvalue weighted by Crippen LogP contribution is -2.36. The molecule has 0 aliphatic carbocycles. The quantitative estimate of drug-likeness (QED) is 0.766. The van der Waals surface area contributed by atoms with Gasteiger partial charge in [0.05, 0.1) is 19.8 Å². The zero-order chi connectivity index (χ0) is 18.4. The van der Waals surface area contributed by atoms with Gasteiger partial charge in [-0.1, -0.05) is 0 Å². The summed E-state index contributed by atoms with van der Waals surface area (Å²) in [6.45, 7) is 3.23.